The monoisotopic (exact) mass is 474 g/mol. The van der Waals surface area contributed by atoms with E-state index in [1.807, 2.05) is 38.1 Å². The number of benzene rings is 3. The maximum absolute atomic E-state index is 13.9. The van der Waals surface area contributed by atoms with Gasteiger partial charge in [0.1, 0.15) is 17.3 Å². The Kier molecular flexibility index (Phi) is 6.60. The number of ketones is 1. The van der Waals surface area contributed by atoms with Crippen LogP contribution in [0.2, 0.25) is 0 Å². The van der Waals surface area contributed by atoms with Crippen molar-refractivity contribution in [2.24, 2.45) is 0 Å². The van der Waals surface area contributed by atoms with Gasteiger partial charge in [-0.1, -0.05) is 12.1 Å². The van der Waals surface area contributed by atoms with Crippen LogP contribution in [-0.2, 0) is 9.59 Å². The van der Waals surface area contributed by atoms with Gasteiger partial charge in [0.2, 0.25) is 0 Å². The quantitative estimate of drug-likeness (QED) is 0.301. The third-order valence-electron chi connectivity index (χ3n) is 6.03. The molecule has 1 N–H and O–H groups in total. The second-order valence-corrected chi connectivity index (χ2v) is 8.55. The summed E-state index contributed by atoms with van der Waals surface area (Å²) in [5.41, 5.74) is 2.61. The number of amides is 1. The Labute approximate surface area is 203 Å². The molecular formula is C28H27FN2O4. The van der Waals surface area contributed by atoms with E-state index >= 15 is 0 Å². The molecule has 1 aliphatic heterocycles. The Balaban J connectivity index is 1.89. The highest BCUT2D eigenvalue weighted by molar-refractivity contribution is 6.51. The lowest BCUT2D eigenvalue weighted by Crippen LogP contribution is -2.29. The Morgan fingerprint density at radius 3 is 2.26 bits per heavy atom. The Bertz CT molecular complexity index is 1300. The minimum absolute atomic E-state index is 0.0538. The molecular weight excluding hydrogens is 447 g/mol. The molecule has 0 saturated carbocycles. The summed E-state index contributed by atoms with van der Waals surface area (Å²) in [5.74, 6) is -1.68. The fourth-order valence-corrected chi connectivity index (χ4v) is 4.19. The van der Waals surface area contributed by atoms with Crippen LogP contribution >= 0.6 is 0 Å². The summed E-state index contributed by atoms with van der Waals surface area (Å²) in [5, 5.41) is 11.2. The zero-order valence-corrected chi connectivity index (χ0v) is 20.1. The van der Waals surface area contributed by atoms with Crippen molar-refractivity contribution < 1.29 is 23.8 Å². The third kappa shape index (κ3) is 4.49. The number of hydrogen-bond donors (Lipinski definition) is 1. The molecule has 3 aromatic rings. The van der Waals surface area contributed by atoms with Gasteiger partial charge in [-0.15, -0.1) is 0 Å². The van der Waals surface area contributed by atoms with Crippen LogP contribution in [-0.4, -0.2) is 37.5 Å². The van der Waals surface area contributed by atoms with E-state index in [9.17, 15) is 19.1 Å². The van der Waals surface area contributed by atoms with Crippen LogP contribution in [0.1, 0.15) is 29.7 Å². The molecule has 7 heteroatoms. The molecule has 4 rings (SSSR count). The predicted molar refractivity (Wildman–Crippen MR) is 134 cm³/mol. The Hall–Kier alpha value is -4.13. The first kappa shape index (κ1) is 24.0. The molecule has 35 heavy (non-hydrogen) atoms. The first-order valence-electron chi connectivity index (χ1n) is 11.3. The summed E-state index contributed by atoms with van der Waals surface area (Å²) in [6.45, 7) is 3.95. The van der Waals surface area contributed by atoms with Gasteiger partial charge in [0.15, 0.2) is 0 Å². The highest BCUT2D eigenvalue weighted by Crippen LogP contribution is 2.42. The molecule has 0 aromatic heterocycles. The van der Waals surface area contributed by atoms with Crippen LogP contribution < -0.4 is 14.5 Å². The van der Waals surface area contributed by atoms with Crippen molar-refractivity contribution in [1.29, 1.82) is 0 Å². The van der Waals surface area contributed by atoms with Gasteiger partial charge in [0.05, 0.1) is 18.2 Å². The minimum Gasteiger partial charge on any atom is -0.507 e. The molecule has 1 atom stereocenters. The summed E-state index contributed by atoms with van der Waals surface area (Å²) in [4.78, 5) is 29.9. The van der Waals surface area contributed by atoms with Gasteiger partial charge in [-0.25, -0.2) is 4.39 Å². The first-order valence-corrected chi connectivity index (χ1v) is 11.3. The van der Waals surface area contributed by atoms with Crippen molar-refractivity contribution in [1.82, 2.24) is 0 Å². The number of hydrogen-bond acceptors (Lipinski definition) is 5. The fraction of sp³-hybridized carbons (Fsp3) is 0.214. The van der Waals surface area contributed by atoms with E-state index in [0.717, 1.165) is 5.69 Å². The third-order valence-corrected chi connectivity index (χ3v) is 6.03. The normalized spacial score (nSPS) is 17.1. The second kappa shape index (κ2) is 9.62. The lowest BCUT2D eigenvalue weighted by molar-refractivity contribution is -0.132. The average Bonchev–Trinajstić information content (AvgIpc) is 3.11. The van der Waals surface area contributed by atoms with Crippen LogP contribution in [0.4, 0.5) is 15.8 Å². The van der Waals surface area contributed by atoms with E-state index < -0.39 is 23.5 Å². The molecule has 1 saturated heterocycles. The topological polar surface area (TPSA) is 70.1 Å². The van der Waals surface area contributed by atoms with Crippen LogP contribution in [0.5, 0.6) is 5.75 Å². The molecule has 3 aromatic carbocycles. The van der Waals surface area contributed by atoms with Crippen molar-refractivity contribution >= 4 is 28.8 Å². The Morgan fingerprint density at radius 2 is 1.69 bits per heavy atom. The number of aryl methyl sites for hydroxylation is 1. The highest BCUT2D eigenvalue weighted by atomic mass is 19.1. The zero-order chi connectivity index (χ0) is 25.3. The number of nitrogens with zero attached hydrogens (tertiary/aromatic N) is 2. The lowest BCUT2D eigenvalue weighted by Gasteiger charge is -2.26. The Morgan fingerprint density at radius 1 is 1.03 bits per heavy atom. The van der Waals surface area contributed by atoms with Crippen LogP contribution in [0.3, 0.4) is 0 Å². The number of anilines is 2. The SMILES string of the molecule is CCOc1ccc(C2/C(=C(/O)c3ccc(F)c(C)c3)C(=O)C(=O)N2c2ccc(N(C)C)cc2)cc1. The van der Waals surface area contributed by atoms with Gasteiger partial charge in [0.25, 0.3) is 11.7 Å². The maximum atomic E-state index is 13.9. The van der Waals surface area contributed by atoms with E-state index in [-0.39, 0.29) is 16.9 Å². The predicted octanol–water partition coefficient (Wildman–Crippen LogP) is 5.23. The number of ether oxygens (including phenoxy) is 1. The molecule has 1 unspecified atom stereocenters. The summed E-state index contributed by atoms with van der Waals surface area (Å²) in [7, 11) is 3.82. The van der Waals surface area contributed by atoms with Crippen molar-refractivity contribution in [3.05, 3.63) is 94.8 Å². The van der Waals surface area contributed by atoms with Crippen molar-refractivity contribution in [2.45, 2.75) is 19.9 Å². The van der Waals surface area contributed by atoms with E-state index in [1.54, 1.807) is 43.3 Å². The number of carbonyl (C=O) groups excluding carboxylic acids is 2. The number of aliphatic hydroxyl groups excluding tert-OH is 1. The molecule has 0 bridgehead atoms. The van der Waals surface area contributed by atoms with Crippen LogP contribution in [0.25, 0.3) is 5.76 Å². The molecule has 0 spiro atoms. The molecule has 1 aliphatic rings. The molecule has 0 aliphatic carbocycles. The van der Waals surface area contributed by atoms with Crippen LogP contribution in [0.15, 0.2) is 72.3 Å². The van der Waals surface area contributed by atoms with E-state index in [4.69, 9.17) is 4.74 Å². The van der Waals surface area contributed by atoms with Gasteiger partial charge >= 0.3 is 0 Å². The average molecular weight is 475 g/mol. The number of halogens is 1. The number of aliphatic hydroxyl groups is 1. The molecule has 0 radical (unpaired) electrons. The standard InChI is InChI=1S/C28H27FN2O4/c1-5-35-22-13-6-18(7-14-22)25-24(26(32)19-8-15-23(29)17(2)16-19)27(33)28(34)31(25)21-11-9-20(10-12-21)30(3)4/h6-16,25,32H,5H2,1-4H3/b26-24-. The number of Topliss-reactive ketones (excluding diaryl/α,β-unsaturated/α-hetero) is 1. The van der Waals surface area contributed by atoms with Gasteiger partial charge in [-0.2, -0.15) is 0 Å². The van der Waals surface area contributed by atoms with Crippen LogP contribution in [0, 0.1) is 12.7 Å². The molecule has 1 heterocycles. The minimum atomic E-state index is -0.874. The first-order chi connectivity index (χ1) is 16.7. The summed E-state index contributed by atoms with van der Waals surface area (Å²) in [6, 6.07) is 17.5. The largest absolute Gasteiger partial charge is 0.507 e. The lowest BCUT2D eigenvalue weighted by atomic mass is 9.94. The van der Waals surface area contributed by atoms with Gasteiger partial charge in [-0.3, -0.25) is 14.5 Å². The molecule has 180 valence electrons. The molecule has 6 nitrogen and oxygen atoms in total. The number of carbonyl (C=O) groups is 2. The molecule has 1 amide bonds. The summed E-state index contributed by atoms with van der Waals surface area (Å²) >= 11 is 0. The van der Waals surface area contributed by atoms with E-state index in [1.165, 1.54) is 23.1 Å². The van der Waals surface area contributed by atoms with Crippen molar-refractivity contribution in [3.63, 3.8) is 0 Å². The summed E-state index contributed by atoms with van der Waals surface area (Å²) in [6.07, 6.45) is 0. The van der Waals surface area contributed by atoms with Crippen molar-refractivity contribution in [2.75, 3.05) is 30.5 Å². The van der Waals surface area contributed by atoms with E-state index in [0.29, 0.717) is 29.2 Å². The van der Waals surface area contributed by atoms with Crippen molar-refractivity contribution in [3.8, 4) is 5.75 Å². The number of rotatable bonds is 6. The maximum Gasteiger partial charge on any atom is 0.300 e. The smallest absolute Gasteiger partial charge is 0.300 e. The van der Waals surface area contributed by atoms with E-state index in [2.05, 4.69) is 0 Å². The highest BCUT2D eigenvalue weighted by Gasteiger charge is 2.47. The van der Waals surface area contributed by atoms with Gasteiger partial charge < -0.3 is 14.7 Å². The summed E-state index contributed by atoms with van der Waals surface area (Å²) < 4.78 is 19.4. The van der Waals surface area contributed by atoms with Gasteiger partial charge in [0, 0.05) is 31.0 Å². The zero-order valence-electron chi connectivity index (χ0n) is 20.1. The second-order valence-electron chi connectivity index (χ2n) is 8.55. The van der Waals surface area contributed by atoms with Gasteiger partial charge in [-0.05, 0) is 79.6 Å². The molecule has 1 fully saturated rings. The fourth-order valence-electron chi connectivity index (χ4n) is 4.19.